The SMILES string of the molecule is C=CCN1C(=S)NC(c2ccc(SC)cc2)C(c2nc(-c3ccc(SC)cc3)no2)=C1C. The molecule has 164 valence electrons. The Morgan fingerprint density at radius 3 is 2.31 bits per heavy atom. The quantitative estimate of drug-likeness (QED) is 0.250. The van der Waals surface area contributed by atoms with E-state index in [1.807, 2.05) is 30.0 Å². The molecule has 8 heteroatoms. The lowest BCUT2D eigenvalue weighted by Gasteiger charge is -2.36. The van der Waals surface area contributed by atoms with Crippen LogP contribution in [0.25, 0.3) is 17.0 Å². The number of aromatic nitrogens is 2. The second kappa shape index (κ2) is 9.94. The molecule has 1 aromatic heterocycles. The monoisotopic (exact) mass is 480 g/mol. The van der Waals surface area contributed by atoms with Gasteiger partial charge in [-0.15, -0.1) is 30.1 Å². The molecule has 0 aliphatic carbocycles. The number of allylic oxidation sites excluding steroid dienone is 1. The lowest BCUT2D eigenvalue weighted by molar-refractivity contribution is 0.399. The molecule has 2 aromatic carbocycles. The van der Waals surface area contributed by atoms with E-state index >= 15 is 0 Å². The molecule has 0 spiro atoms. The van der Waals surface area contributed by atoms with Crippen molar-refractivity contribution in [1.82, 2.24) is 20.4 Å². The smallest absolute Gasteiger partial charge is 0.258 e. The van der Waals surface area contributed by atoms with Crippen LogP contribution in [0.15, 0.2) is 81.2 Å². The van der Waals surface area contributed by atoms with Gasteiger partial charge in [-0.05, 0) is 73.6 Å². The van der Waals surface area contributed by atoms with E-state index < -0.39 is 0 Å². The maximum atomic E-state index is 5.78. The Morgan fingerprint density at radius 1 is 1.09 bits per heavy atom. The van der Waals surface area contributed by atoms with Gasteiger partial charge in [0.15, 0.2) is 5.11 Å². The average molecular weight is 481 g/mol. The first-order valence-corrected chi connectivity index (χ1v) is 12.9. The van der Waals surface area contributed by atoms with Gasteiger partial charge in [0.2, 0.25) is 5.82 Å². The van der Waals surface area contributed by atoms with E-state index in [-0.39, 0.29) is 6.04 Å². The molecule has 4 rings (SSSR count). The van der Waals surface area contributed by atoms with E-state index in [1.54, 1.807) is 23.5 Å². The highest BCUT2D eigenvalue weighted by molar-refractivity contribution is 7.98. The Bertz CT molecular complexity index is 1150. The van der Waals surface area contributed by atoms with Crippen LogP contribution in [0, 0.1) is 0 Å². The fraction of sp³-hybridized carbons (Fsp3) is 0.208. The van der Waals surface area contributed by atoms with Gasteiger partial charge in [0.1, 0.15) is 0 Å². The predicted octanol–water partition coefficient (Wildman–Crippen LogP) is 6.03. The van der Waals surface area contributed by atoms with Crippen molar-refractivity contribution in [3.63, 3.8) is 0 Å². The zero-order valence-corrected chi connectivity index (χ0v) is 20.6. The molecular weight excluding hydrogens is 456 g/mol. The van der Waals surface area contributed by atoms with Gasteiger partial charge in [0, 0.05) is 27.6 Å². The number of rotatable bonds is 7. The van der Waals surface area contributed by atoms with E-state index in [0.717, 1.165) is 22.4 Å². The summed E-state index contributed by atoms with van der Waals surface area (Å²) >= 11 is 9.08. The first kappa shape index (κ1) is 22.6. The number of nitrogens with zero attached hydrogens (tertiary/aromatic N) is 3. The molecule has 32 heavy (non-hydrogen) atoms. The van der Waals surface area contributed by atoms with Crippen LogP contribution in [0.5, 0.6) is 0 Å². The third-order valence-electron chi connectivity index (χ3n) is 5.36. The first-order valence-electron chi connectivity index (χ1n) is 10.1. The summed E-state index contributed by atoms with van der Waals surface area (Å²) in [5.41, 5.74) is 3.89. The summed E-state index contributed by atoms with van der Waals surface area (Å²) in [6.45, 7) is 6.50. The van der Waals surface area contributed by atoms with Gasteiger partial charge in [0.05, 0.1) is 11.6 Å². The van der Waals surface area contributed by atoms with Gasteiger partial charge in [0.25, 0.3) is 5.89 Å². The van der Waals surface area contributed by atoms with Crippen LogP contribution in [-0.2, 0) is 0 Å². The topological polar surface area (TPSA) is 54.2 Å². The van der Waals surface area contributed by atoms with Gasteiger partial charge in [-0.3, -0.25) is 0 Å². The molecule has 1 aliphatic rings. The minimum absolute atomic E-state index is 0.188. The third-order valence-corrected chi connectivity index (χ3v) is 7.19. The molecule has 1 aliphatic heterocycles. The molecule has 0 fully saturated rings. The molecule has 1 atom stereocenters. The molecule has 1 unspecified atom stereocenters. The number of benzene rings is 2. The third kappa shape index (κ3) is 4.48. The van der Waals surface area contributed by atoms with Crippen LogP contribution >= 0.6 is 35.7 Å². The van der Waals surface area contributed by atoms with Crippen LogP contribution in [0.2, 0.25) is 0 Å². The van der Waals surface area contributed by atoms with Crippen molar-refractivity contribution in [3.8, 4) is 11.4 Å². The van der Waals surface area contributed by atoms with Crippen LogP contribution in [-0.4, -0.2) is 39.2 Å². The Hall–Kier alpha value is -2.55. The molecule has 0 saturated heterocycles. The summed E-state index contributed by atoms with van der Waals surface area (Å²) < 4.78 is 5.78. The van der Waals surface area contributed by atoms with Crippen molar-refractivity contribution < 1.29 is 4.52 Å². The highest BCUT2D eigenvalue weighted by Gasteiger charge is 2.33. The number of hydrogen-bond donors (Lipinski definition) is 1. The van der Waals surface area contributed by atoms with E-state index in [0.29, 0.717) is 23.4 Å². The molecule has 2 heterocycles. The minimum Gasteiger partial charge on any atom is -0.351 e. The van der Waals surface area contributed by atoms with Crippen LogP contribution in [0.4, 0.5) is 0 Å². The zero-order chi connectivity index (χ0) is 22.7. The Kier molecular flexibility index (Phi) is 7.03. The van der Waals surface area contributed by atoms with Gasteiger partial charge in [-0.25, -0.2) is 0 Å². The standard InChI is InChI=1S/C24H24N4OS3/c1-5-14-28-15(2)20(21(25-24(28)30)16-6-10-18(31-3)11-7-16)23-26-22(27-29-23)17-8-12-19(32-4)13-9-17/h5-13,21H,1,14H2,2-4H3,(H,25,30). The van der Waals surface area contributed by atoms with Crippen molar-refractivity contribution in [3.05, 3.63) is 78.3 Å². The van der Waals surface area contributed by atoms with Crippen LogP contribution < -0.4 is 5.32 Å². The van der Waals surface area contributed by atoms with E-state index in [9.17, 15) is 0 Å². The van der Waals surface area contributed by atoms with Gasteiger partial charge < -0.3 is 14.7 Å². The number of thioether (sulfide) groups is 2. The predicted molar refractivity (Wildman–Crippen MR) is 138 cm³/mol. The summed E-state index contributed by atoms with van der Waals surface area (Å²) in [6.07, 6.45) is 5.95. The van der Waals surface area contributed by atoms with Gasteiger partial charge in [-0.1, -0.05) is 23.4 Å². The van der Waals surface area contributed by atoms with E-state index in [4.69, 9.17) is 21.7 Å². The van der Waals surface area contributed by atoms with E-state index in [1.165, 1.54) is 9.79 Å². The zero-order valence-electron chi connectivity index (χ0n) is 18.2. The molecule has 0 amide bonds. The fourth-order valence-corrected chi connectivity index (χ4v) is 4.79. The number of nitrogens with one attached hydrogen (secondary N) is 1. The second-order valence-electron chi connectivity index (χ2n) is 7.21. The van der Waals surface area contributed by atoms with Gasteiger partial charge >= 0.3 is 0 Å². The average Bonchev–Trinajstić information content (AvgIpc) is 3.31. The van der Waals surface area contributed by atoms with Crippen molar-refractivity contribution in [2.24, 2.45) is 0 Å². The molecule has 1 N–H and O–H groups in total. The molecule has 5 nitrogen and oxygen atoms in total. The summed E-state index contributed by atoms with van der Waals surface area (Å²) in [4.78, 5) is 9.15. The molecule has 0 saturated carbocycles. The molecule has 0 bridgehead atoms. The number of hydrogen-bond acceptors (Lipinski definition) is 6. The van der Waals surface area contributed by atoms with Crippen molar-refractivity contribution in [2.75, 3.05) is 19.1 Å². The maximum absolute atomic E-state index is 5.78. The molecule has 0 radical (unpaired) electrons. The summed E-state index contributed by atoms with van der Waals surface area (Å²) in [6, 6.07) is 16.4. The molecule has 3 aromatic rings. The van der Waals surface area contributed by atoms with Crippen molar-refractivity contribution >= 4 is 46.4 Å². The van der Waals surface area contributed by atoms with E-state index in [2.05, 4.69) is 66.0 Å². The minimum atomic E-state index is -0.188. The summed E-state index contributed by atoms with van der Waals surface area (Å²) in [5.74, 6) is 1.04. The van der Waals surface area contributed by atoms with Crippen LogP contribution in [0.3, 0.4) is 0 Å². The van der Waals surface area contributed by atoms with Crippen molar-refractivity contribution in [2.45, 2.75) is 22.8 Å². The first-order chi connectivity index (χ1) is 15.5. The summed E-state index contributed by atoms with van der Waals surface area (Å²) in [7, 11) is 0. The highest BCUT2D eigenvalue weighted by Crippen LogP contribution is 2.37. The largest absolute Gasteiger partial charge is 0.351 e. The van der Waals surface area contributed by atoms with Gasteiger partial charge in [-0.2, -0.15) is 4.98 Å². The lowest BCUT2D eigenvalue weighted by Crippen LogP contribution is -2.45. The van der Waals surface area contributed by atoms with Crippen molar-refractivity contribution in [1.29, 1.82) is 0 Å². The van der Waals surface area contributed by atoms with Crippen LogP contribution in [0.1, 0.15) is 24.4 Å². The summed E-state index contributed by atoms with van der Waals surface area (Å²) in [5, 5.41) is 8.38. The Balaban J connectivity index is 1.77. The highest BCUT2D eigenvalue weighted by atomic mass is 32.2. The maximum Gasteiger partial charge on any atom is 0.258 e. The number of thiocarbonyl (C=S) groups is 1. The molecular formula is C24H24N4OS3. The normalized spacial score (nSPS) is 16.3. The Morgan fingerprint density at radius 2 is 1.72 bits per heavy atom. The second-order valence-corrected chi connectivity index (χ2v) is 9.35. The Labute approximate surface area is 202 Å². The fourth-order valence-electron chi connectivity index (χ4n) is 3.64. The lowest BCUT2D eigenvalue weighted by atomic mass is 9.95.